The van der Waals surface area contributed by atoms with E-state index in [0.717, 1.165) is 16.4 Å². The van der Waals surface area contributed by atoms with Gasteiger partial charge in [-0.25, -0.2) is 13.9 Å². The van der Waals surface area contributed by atoms with Crippen molar-refractivity contribution in [2.45, 2.75) is 20.8 Å². The highest BCUT2D eigenvalue weighted by Gasteiger charge is 2.18. The SMILES string of the molecule is CC.COc1cn(-c2cc(C)ccc2F)nc(C(=O)O)c1=O. The Hall–Kier alpha value is -2.70. The number of carboxylic acids is 1. The van der Waals surface area contributed by atoms with E-state index in [1.165, 1.54) is 19.2 Å². The number of aromatic nitrogens is 2. The molecule has 0 aliphatic heterocycles. The van der Waals surface area contributed by atoms with Gasteiger partial charge in [0.15, 0.2) is 5.75 Å². The Bertz CT molecular complexity index is 741. The van der Waals surface area contributed by atoms with Gasteiger partial charge >= 0.3 is 5.97 Å². The Morgan fingerprint density at radius 3 is 2.55 bits per heavy atom. The Morgan fingerprint density at radius 1 is 1.36 bits per heavy atom. The summed E-state index contributed by atoms with van der Waals surface area (Å²) in [6.07, 6.45) is 1.15. The van der Waals surface area contributed by atoms with Crippen LogP contribution in [0.15, 0.2) is 29.2 Å². The van der Waals surface area contributed by atoms with Gasteiger partial charge in [-0.2, -0.15) is 5.10 Å². The maximum Gasteiger partial charge on any atom is 0.360 e. The van der Waals surface area contributed by atoms with Gasteiger partial charge in [0, 0.05) is 0 Å². The molecule has 0 aliphatic rings. The lowest BCUT2D eigenvalue weighted by atomic mass is 10.2. The molecule has 0 aliphatic carbocycles. The second kappa shape index (κ2) is 7.35. The molecular weight excluding hydrogens is 291 g/mol. The third-order valence-corrected chi connectivity index (χ3v) is 2.66. The molecule has 7 heteroatoms. The first-order valence-corrected chi connectivity index (χ1v) is 6.62. The van der Waals surface area contributed by atoms with E-state index in [4.69, 9.17) is 9.84 Å². The van der Waals surface area contributed by atoms with Gasteiger partial charge in [-0.15, -0.1) is 0 Å². The number of benzene rings is 1. The smallest absolute Gasteiger partial charge is 0.360 e. The van der Waals surface area contributed by atoms with Gasteiger partial charge < -0.3 is 9.84 Å². The quantitative estimate of drug-likeness (QED) is 0.941. The van der Waals surface area contributed by atoms with Crippen LogP contribution in [0.25, 0.3) is 5.69 Å². The normalized spacial score (nSPS) is 9.68. The van der Waals surface area contributed by atoms with E-state index in [0.29, 0.717) is 0 Å². The van der Waals surface area contributed by atoms with E-state index in [1.807, 2.05) is 13.8 Å². The van der Waals surface area contributed by atoms with E-state index in [2.05, 4.69) is 5.10 Å². The molecule has 0 radical (unpaired) electrons. The lowest BCUT2D eigenvalue weighted by Crippen LogP contribution is -2.23. The molecule has 1 heterocycles. The summed E-state index contributed by atoms with van der Waals surface area (Å²) >= 11 is 0. The van der Waals surface area contributed by atoms with Crippen molar-refractivity contribution in [3.05, 3.63) is 51.7 Å². The van der Waals surface area contributed by atoms with Crippen molar-refractivity contribution in [1.29, 1.82) is 0 Å². The second-order valence-corrected chi connectivity index (χ2v) is 4.08. The number of halogens is 1. The van der Waals surface area contributed by atoms with E-state index in [9.17, 15) is 14.0 Å². The van der Waals surface area contributed by atoms with Crippen molar-refractivity contribution in [2.75, 3.05) is 7.11 Å². The molecule has 0 bridgehead atoms. The van der Waals surface area contributed by atoms with Crippen molar-refractivity contribution >= 4 is 5.97 Å². The molecule has 22 heavy (non-hydrogen) atoms. The van der Waals surface area contributed by atoms with E-state index in [1.54, 1.807) is 13.0 Å². The topological polar surface area (TPSA) is 81.4 Å². The molecule has 0 spiro atoms. The second-order valence-electron chi connectivity index (χ2n) is 4.08. The van der Waals surface area contributed by atoms with Crippen LogP contribution in [-0.4, -0.2) is 28.0 Å². The molecule has 2 rings (SSSR count). The average Bonchev–Trinajstić information content (AvgIpc) is 2.51. The van der Waals surface area contributed by atoms with Gasteiger partial charge in [-0.1, -0.05) is 19.9 Å². The summed E-state index contributed by atoms with van der Waals surface area (Å²) in [6, 6.07) is 4.28. The van der Waals surface area contributed by atoms with Gasteiger partial charge in [0.1, 0.15) is 11.5 Å². The third-order valence-electron chi connectivity index (χ3n) is 2.66. The van der Waals surface area contributed by atoms with Crippen LogP contribution in [0, 0.1) is 12.7 Å². The number of ether oxygens (including phenoxy) is 1. The third kappa shape index (κ3) is 3.49. The fourth-order valence-electron chi connectivity index (χ4n) is 1.68. The summed E-state index contributed by atoms with van der Waals surface area (Å²) < 4.78 is 19.6. The molecule has 1 aromatic carbocycles. The minimum absolute atomic E-state index is 0.0331. The highest BCUT2D eigenvalue weighted by atomic mass is 19.1. The molecule has 0 atom stereocenters. The summed E-state index contributed by atoms with van der Waals surface area (Å²) in [5.74, 6) is -2.32. The molecule has 0 amide bonds. The summed E-state index contributed by atoms with van der Waals surface area (Å²) in [4.78, 5) is 22.7. The molecule has 0 fully saturated rings. The van der Waals surface area contributed by atoms with Gasteiger partial charge in [-0.05, 0) is 24.6 Å². The number of methoxy groups -OCH3 is 1. The fourth-order valence-corrected chi connectivity index (χ4v) is 1.68. The van der Waals surface area contributed by atoms with Crippen LogP contribution in [0.1, 0.15) is 29.9 Å². The summed E-state index contributed by atoms with van der Waals surface area (Å²) in [7, 11) is 1.22. The molecule has 1 N–H and O–H groups in total. The van der Waals surface area contributed by atoms with E-state index >= 15 is 0 Å². The standard InChI is InChI=1S/C13H11FN2O4.C2H6/c1-7-3-4-8(14)9(5-7)16-6-10(20-2)12(17)11(15-16)13(18)19;1-2/h3-6H,1-2H3,(H,18,19);1-2H3. The molecule has 118 valence electrons. The Labute approximate surface area is 126 Å². The maximum absolute atomic E-state index is 13.8. The number of aryl methyl sites for hydroxylation is 1. The lowest BCUT2D eigenvalue weighted by Gasteiger charge is -2.10. The largest absolute Gasteiger partial charge is 0.491 e. The van der Waals surface area contributed by atoms with Crippen LogP contribution in [0.2, 0.25) is 0 Å². The zero-order chi connectivity index (χ0) is 16.9. The van der Waals surface area contributed by atoms with E-state index < -0.39 is 22.9 Å². The lowest BCUT2D eigenvalue weighted by molar-refractivity contribution is 0.0686. The zero-order valence-electron chi connectivity index (χ0n) is 12.8. The van der Waals surface area contributed by atoms with Crippen molar-refractivity contribution in [3.8, 4) is 11.4 Å². The van der Waals surface area contributed by atoms with Gasteiger partial charge in [-0.3, -0.25) is 4.79 Å². The first-order valence-electron chi connectivity index (χ1n) is 6.62. The molecule has 6 nitrogen and oxygen atoms in total. The zero-order valence-corrected chi connectivity index (χ0v) is 12.8. The van der Waals surface area contributed by atoms with Crippen molar-refractivity contribution in [2.24, 2.45) is 0 Å². The number of hydrogen-bond donors (Lipinski definition) is 1. The Kier molecular flexibility index (Phi) is 5.80. The number of carbonyl (C=O) groups is 1. The summed E-state index contributed by atoms with van der Waals surface area (Å²) in [5.41, 5.74) is -0.793. The molecule has 0 saturated carbocycles. The number of nitrogens with zero attached hydrogens (tertiary/aromatic N) is 2. The van der Waals surface area contributed by atoms with Crippen LogP contribution in [-0.2, 0) is 0 Å². The maximum atomic E-state index is 13.8. The average molecular weight is 308 g/mol. The van der Waals surface area contributed by atoms with Gasteiger partial charge in [0.25, 0.3) is 5.43 Å². The predicted molar refractivity (Wildman–Crippen MR) is 79.4 cm³/mol. The number of aromatic carboxylic acids is 1. The van der Waals surface area contributed by atoms with Crippen LogP contribution >= 0.6 is 0 Å². The van der Waals surface area contributed by atoms with Crippen LogP contribution in [0.5, 0.6) is 5.75 Å². The number of carboxylic acid groups (broad SMARTS) is 1. The highest BCUT2D eigenvalue weighted by molar-refractivity contribution is 5.85. The molecule has 0 saturated heterocycles. The van der Waals surface area contributed by atoms with Crippen molar-refractivity contribution in [1.82, 2.24) is 9.78 Å². The first kappa shape index (κ1) is 17.4. The highest BCUT2D eigenvalue weighted by Crippen LogP contribution is 2.16. The molecule has 1 aromatic heterocycles. The Balaban J connectivity index is 0.00000116. The molecule has 0 unspecified atom stereocenters. The van der Waals surface area contributed by atoms with Gasteiger partial charge in [0.2, 0.25) is 5.69 Å². The minimum atomic E-state index is -1.50. The fraction of sp³-hybridized carbons (Fsp3) is 0.267. The van der Waals surface area contributed by atoms with Gasteiger partial charge in [0.05, 0.1) is 13.3 Å². The van der Waals surface area contributed by atoms with Crippen molar-refractivity contribution < 1.29 is 19.0 Å². The van der Waals surface area contributed by atoms with E-state index in [-0.39, 0.29) is 11.4 Å². The number of rotatable bonds is 3. The van der Waals surface area contributed by atoms with Crippen LogP contribution in [0.4, 0.5) is 4.39 Å². The number of hydrogen-bond acceptors (Lipinski definition) is 4. The summed E-state index contributed by atoms with van der Waals surface area (Å²) in [6.45, 7) is 5.75. The summed E-state index contributed by atoms with van der Waals surface area (Å²) in [5, 5.41) is 12.6. The molecule has 2 aromatic rings. The van der Waals surface area contributed by atoms with Crippen LogP contribution in [0.3, 0.4) is 0 Å². The first-order chi connectivity index (χ1) is 10.4. The predicted octanol–water partition coefficient (Wildman–Crippen LogP) is 2.41. The molecular formula is C15H17FN2O4. The van der Waals surface area contributed by atoms with Crippen LogP contribution < -0.4 is 10.2 Å². The Morgan fingerprint density at radius 2 is 2.00 bits per heavy atom. The van der Waals surface area contributed by atoms with Crippen molar-refractivity contribution in [3.63, 3.8) is 0 Å². The minimum Gasteiger partial charge on any atom is -0.491 e. The monoisotopic (exact) mass is 308 g/mol.